The number of amides is 1. The van der Waals surface area contributed by atoms with Gasteiger partial charge in [-0.1, -0.05) is 0 Å². The fourth-order valence-corrected chi connectivity index (χ4v) is 2.12. The lowest BCUT2D eigenvalue weighted by atomic mass is 10.2. The lowest BCUT2D eigenvalue weighted by Crippen LogP contribution is -2.47. The molecule has 1 aliphatic rings. The molecule has 1 saturated heterocycles. The van der Waals surface area contributed by atoms with E-state index < -0.39 is 0 Å². The average molecular weight is 263 g/mol. The van der Waals surface area contributed by atoms with Crippen LogP contribution in [-0.2, 0) is 4.79 Å². The number of carbonyl (C=O) groups excluding carboxylic acids is 1. The summed E-state index contributed by atoms with van der Waals surface area (Å²) in [6.07, 6.45) is 0. The standard InChI is InChI=1S/C14H21N3O2/c1-16(12-3-5-13(19-2)6-4-12)14(18)11-17-9-7-15-8-10-17/h3-6,15H,7-11H2,1-2H3. The number of nitrogens with one attached hydrogen (secondary N) is 1. The molecule has 5 nitrogen and oxygen atoms in total. The minimum atomic E-state index is 0.118. The first-order chi connectivity index (χ1) is 9.20. The van der Waals surface area contributed by atoms with Crippen molar-refractivity contribution in [2.24, 2.45) is 0 Å². The molecule has 2 rings (SSSR count). The van der Waals surface area contributed by atoms with E-state index in [1.165, 1.54) is 0 Å². The number of carbonyl (C=O) groups is 1. The zero-order valence-corrected chi connectivity index (χ0v) is 11.6. The van der Waals surface area contributed by atoms with E-state index in [1.807, 2.05) is 31.3 Å². The molecule has 1 N–H and O–H groups in total. The van der Waals surface area contributed by atoms with E-state index in [0.29, 0.717) is 6.54 Å². The van der Waals surface area contributed by atoms with E-state index in [9.17, 15) is 4.79 Å². The van der Waals surface area contributed by atoms with E-state index in [1.54, 1.807) is 12.0 Å². The van der Waals surface area contributed by atoms with Crippen LogP contribution in [0.25, 0.3) is 0 Å². The van der Waals surface area contributed by atoms with Crippen LogP contribution in [-0.4, -0.2) is 57.7 Å². The summed E-state index contributed by atoms with van der Waals surface area (Å²) in [6, 6.07) is 7.52. The molecule has 0 spiro atoms. The molecule has 0 atom stereocenters. The normalized spacial score (nSPS) is 16.1. The third kappa shape index (κ3) is 3.68. The molecular formula is C14H21N3O2. The maximum atomic E-state index is 12.2. The van der Waals surface area contributed by atoms with Crippen molar-refractivity contribution in [1.29, 1.82) is 0 Å². The van der Waals surface area contributed by atoms with Crippen LogP contribution < -0.4 is 15.0 Å². The van der Waals surface area contributed by atoms with Crippen molar-refractivity contribution in [1.82, 2.24) is 10.2 Å². The third-order valence-corrected chi connectivity index (χ3v) is 3.40. The molecule has 0 bridgehead atoms. The van der Waals surface area contributed by atoms with Crippen LogP contribution in [0, 0.1) is 0 Å². The van der Waals surface area contributed by atoms with Gasteiger partial charge < -0.3 is 15.0 Å². The van der Waals surface area contributed by atoms with Gasteiger partial charge in [0.2, 0.25) is 5.91 Å². The molecule has 1 heterocycles. The minimum Gasteiger partial charge on any atom is -0.497 e. The highest BCUT2D eigenvalue weighted by atomic mass is 16.5. The van der Waals surface area contributed by atoms with Crippen LogP contribution in [0.3, 0.4) is 0 Å². The number of rotatable bonds is 4. The topological polar surface area (TPSA) is 44.8 Å². The van der Waals surface area contributed by atoms with Crippen molar-refractivity contribution in [3.8, 4) is 5.75 Å². The molecule has 104 valence electrons. The maximum Gasteiger partial charge on any atom is 0.240 e. The number of likely N-dealkylation sites (N-methyl/N-ethyl adjacent to an activating group) is 1. The van der Waals surface area contributed by atoms with Gasteiger partial charge in [-0.25, -0.2) is 0 Å². The molecule has 1 aromatic rings. The molecule has 1 aliphatic heterocycles. The molecule has 0 aromatic heterocycles. The Balaban J connectivity index is 1.93. The number of piperazine rings is 1. The Kier molecular flexibility index (Phi) is 4.76. The first-order valence-corrected chi connectivity index (χ1v) is 6.54. The quantitative estimate of drug-likeness (QED) is 0.862. The van der Waals surface area contributed by atoms with Gasteiger partial charge in [0, 0.05) is 38.9 Å². The van der Waals surface area contributed by atoms with E-state index in [4.69, 9.17) is 4.74 Å². The second-order valence-electron chi connectivity index (χ2n) is 4.68. The van der Waals surface area contributed by atoms with E-state index in [-0.39, 0.29) is 5.91 Å². The second kappa shape index (κ2) is 6.54. The van der Waals surface area contributed by atoms with Gasteiger partial charge in [-0.3, -0.25) is 9.69 Å². The molecule has 1 fully saturated rings. The lowest BCUT2D eigenvalue weighted by molar-refractivity contribution is -0.119. The van der Waals surface area contributed by atoms with Crippen LogP contribution >= 0.6 is 0 Å². The molecule has 19 heavy (non-hydrogen) atoms. The smallest absolute Gasteiger partial charge is 0.240 e. The highest BCUT2D eigenvalue weighted by molar-refractivity contribution is 5.94. The van der Waals surface area contributed by atoms with Crippen LogP contribution in [0.15, 0.2) is 24.3 Å². The lowest BCUT2D eigenvalue weighted by Gasteiger charge is -2.28. The fraction of sp³-hybridized carbons (Fsp3) is 0.500. The van der Waals surface area contributed by atoms with Gasteiger partial charge in [-0.15, -0.1) is 0 Å². The zero-order valence-electron chi connectivity index (χ0n) is 11.6. The summed E-state index contributed by atoms with van der Waals surface area (Å²) in [5.41, 5.74) is 0.890. The van der Waals surface area contributed by atoms with E-state index in [0.717, 1.165) is 37.6 Å². The highest BCUT2D eigenvalue weighted by Crippen LogP contribution is 2.18. The zero-order chi connectivity index (χ0) is 13.7. The van der Waals surface area contributed by atoms with Crippen LogP contribution in [0.4, 0.5) is 5.69 Å². The van der Waals surface area contributed by atoms with Crippen molar-refractivity contribution in [2.45, 2.75) is 0 Å². The number of ether oxygens (including phenoxy) is 1. The van der Waals surface area contributed by atoms with Gasteiger partial charge in [0.25, 0.3) is 0 Å². The first-order valence-electron chi connectivity index (χ1n) is 6.54. The Morgan fingerprint density at radius 1 is 1.32 bits per heavy atom. The van der Waals surface area contributed by atoms with Crippen molar-refractivity contribution < 1.29 is 9.53 Å². The fourth-order valence-electron chi connectivity index (χ4n) is 2.12. The Hall–Kier alpha value is -1.59. The van der Waals surface area contributed by atoms with E-state index in [2.05, 4.69) is 10.2 Å². The first kappa shape index (κ1) is 13.8. The minimum absolute atomic E-state index is 0.118. The predicted octanol–water partition coefficient (Wildman–Crippen LogP) is 0.563. The van der Waals surface area contributed by atoms with Crippen molar-refractivity contribution >= 4 is 11.6 Å². The summed E-state index contributed by atoms with van der Waals surface area (Å²) in [5, 5.41) is 3.28. The summed E-state index contributed by atoms with van der Waals surface area (Å²) < 4.78 is 5.11. The van der Waals surface area contributed by atoms with Gasteiger partial charge in [-0.05, 0) is 24.3 Å². The van der Waals surface area contributed by atoms with Gasteiger partial charge in [0.1, 0.15) is 5.75 Å². The predicted molar refractivity (Wildman–Crippen MR) is 75.7 cm³/mol. The number of benzene rings is 1. The Labute approximate surface area is 114 Å². The molecular weight excluding hydrogens is 242 g/mol. The summed E-state index contributed by atoms with van der Waals surface area (Å²) in [6.45, 7) is 4.26. The molecule has 0 unspecified atom stereocenters. The molecule has 0 aliphatic carbocycles. The second-order valence-corrected chi connectivity index (χ2v) is 4.68. The van der Waals surface area contributed by atoms with Gasteiger partial charge >= 0.3 is 0 Å². The third-order valence-electron chi connectivity index (χ3n) is 3.40. The SMILES string of the molecule is COc1ccc(N(C)C(=O)CN2CCNCC2)cc1. The molecule has 1 amide bonds. The Morgan fingerprint density at radius 3 is 2.53 bits per heavy atom. The van der Waals surface area contributed by atoms with Crippen molar-refractivity contribution in [2.75, 3.05) is 51.8 Å². The largest absolute Gasteiger partial charge is 0.497 e. The van der Waals surface area contributed by atoms with E-state index >= 15 is 0 Å². The molecule has 0 saturated carbocycles. The molecule has 5 heteroatoms. The van der Waals surface area contributed by atoms with Gasteiger partial charge in [0.15, 0.2) is 0 Å². The van der Waals surface area contributed by atoms with Crippen molar-refractivity contribution in [3.05, 3.63) is 24.3 Å². The number of hydrogen-bond acceptors (Lipinski definition) is 4. The highest BCUT2D eigenvalue weighted by Gasteiger charge is 2.17. The van der Waals surface area contributed by atoms with Crippen molar-refractivity contribution in [3.63, 3.8) is 0 Å². The van der Waals surface area contributed by atoms with Crippen LogP contribution in [0.5, 0.6) is 5.75 Å². The summed E-state index contributed by atoms with van der Waals surface area (Å²) in [7, 11) is 3.45. The molecule has 0 radical (unpaired) electrons. The maximum absolute atomic E-state index is 12.2. The Bertz CT molecular complexity index is 413. The molecule has 1 aromatic carbocycles. The summed E-state index contributed by atoms with van der Waals surface area (Å²) >= 11 is 0. The number of hydrogen-bond donors (Lipinski definition) is 1. The van der Waals surface area contributed by atoms with Crippen LogP contribution in [0.2, 0.25) is 0 Å². The monoisotopic (exact) mass is 263 g/mol. The number of anilines is 1. The number of methoxy groups -OCH3 is 1. The van der Waals surface area contributed by atoms with Crippen LogP contribution in [0.1, 0.15) is 0 Å². The van der Waals surface area contributed by atoms with Gasteiger partial charge in [-0.2, -0.15) is 0 Å². The summed E-state index contributed by atoms with van der Waals surface area (Å²) in [5.74, 6) is 0.916. The average Bonchev–Trinajstić information content (AvgIpc) is 2.47. The van der Waals surface area contributed by atoms with Gasteiger partial charge in [0.05, 0.1) is 13.7 Å². The Morgan fingerprint density at radius 2 is 1.95 bits per heavy atom. The summed E-state index contributed by atoms with van der Waals surface area (Å²) in [4.78, 5) is 16.1. The number of nitrogens with zero attached hydrogens (tertiary/aromatic N) is 2.